The van der Waals surface area contributed by atoms with Crippen molar-refractivity contribution in [1.29, 1.82) is 0 Å². The Hall–Kier alpha value is -0.160. The molecule has 0 radical (unpaired) electrons. The Kier molecular flexibility index (Phi) is 5.80. The molecule has 0 amide bonds. The van der Waals surface area contributed by atoms with Crippen LogP contribution in [-0.4, -0.2) is 49.7 Å². The second-order valence-electron chi connectivity index (χ2n) is 6.93. The van der Waals surface area contributed by atoms with Gasteiger partial charge in [0.2, 0.25) is 0 Å². The van der Waals surface area contributed by atoms with Crippen LogP contribution in [0.25, 0.3) is 0 Å². The van der Waals surface area contributed by atoms with E-state index in [1.165, 1.54) is 0 Å². The van der Waals surface area contributed by atoms with Crippen molar-refractivity contribution in [3.8, 4) is 0 Å². The highest BCUT2D eigenvalue weighted by atomic mass is 16.5. The summed E-state index contributed by atoms with van der Waals surface area (Å²) in [5, 5.41) is 13.3. The first-order chi connectivity index (χ1) is 8.69. The Bertz CT molecular complexity index is 263. The molecule has 0 aromatic rings. The summed E-state index contributed by atoms with van der Waals surface area (Å²) in [5.74, 6) is 0. The number of hydrogen-bond acceptors (Lipinski definition) is 4. The van der Waals surface area contributed by atoms with Crippen LogP contribution in [0, 0.1) is 10.8 Å². The minimum Gasteiger partial charge on any atom is -0.389 e. The van der Waals surface area contributed by atoms with Gasteiger partial charge in [-0.1, -0.05) is 27.7 Å². The van der Waals surface area contributed by atoms with E-state index in [0.29, 0.717) is 43.2 Å². The van der Waals surface area contributed by atoms with Crippen molar-refractivity contribution in [3.63, 3.8) is 0 Å². The van der Waals surface area contributed by atoms with Crippen LogP contribution in [-0.2, 0) is 9.47 Å². The van der Waals surface area contributed by atoms with E-state index >= 15 is 0 Å². The van der Waals surface area contributed by atoms with Crippen molar-refractivity contribution in [1.82, 2.24) is 5.32 Å². The Labute approximate surface area is 117 Å². The lowest BCUT2D eigenvalue weighted by atomic mass is 10.0. The first kappa shape index (κ1) is 16.9. The van der Waals surface area contributed by atoms with Crippen molar-refractivity contribution in [3.05, 3.63) is 0 Å². The van der Waals surface area contributed by atoms with Gasteiger partial charge in [0, 0.05) is 12.6 Å². The van der Waals surface area contributed by atoms with Crippen molar-refractivity contribution in [2.45, 2.75) is 59.8 Å². The van der Waals surface area contributed by atoms with Crippen molar-refractivity contribution in [2.75, 3.05) is 26.4 Å². The molecule has 0 aromatic carbocycles. The third-order valence-corrected chi connectivity index (χ3v) is 4.57. The molecule has 1 rings (SSSR count). The van der Waals surface area contributed by atoms with E-state index in [2.05, 4.69) is 33.0 Å². The van der Waals surface area contributed by atoms with Gasteiger partial charge in [0.1, 0.15) is 0 Å². The molecule has 0 bridgehead atoms. The second kappa shape index (κ2) is 6.53. The molecule has 1 aliphatic carbocycles. The number of hydrogen-bond donors (Lipinski definition) is 2. The van der Waals surface area contributed by atoms with Gasteiger partial charge in [0.15, 0.2) is 0 Å². The van der Waals surface area contributed by atoms with Crippen molar-refractivity contribution >= 4 is 0 Å². The van der Waals surface area contributed by atoms with E-state index in [4.69, 9.17) is 9.47 Å². The molecule has 0 aromatic heterocycles. The Morgan fingerprint density at radius 2 is 1.68 bits per heavy atom. The van der Waals surface area contributed by atoms with Gasteiger partial charge in [-0.25, -0.2) is 0 Å². The molecule has 1 atom stereocenters. The van der Waals surface area contributed by atoms with E-state index in [1.807, 2.05) is 13.8 Å². The van der Waals surface area contributed by atoms with Gasteiger partial charge in [-0.15, -0.1) is 0 Å². The van der Waals surface area contributed by atoms with Gasteiger partial charge in [-0.05, 0) is 24.7 Å². The number of ether oxygens (including phenoxy) is 2. The summed E-state index contributed by atoms with van der Waals surface area (Å²) in [6.07, 6.45) is -0.222. The van der Waals surface area contributed by atoms with Crippen LogP contribution in [0.4, 0.5) is 0 Å². The average molecular weight is 273 g/mol. The molecule has 19 heavy (non-hydrogen) atoms. The highest BCUT2D eigenvalue weighted by Gasteiger charge is 2.64. The minimum atomic E-state index is -0.453. The predicted octanol–water partition coefficient (Wildman–Crippen LogP) is 1.81. The van der Waals surface area contributed by atoms with Crippen LogP contribution >= 0.6 is 0 Å². The second-order valence-corrected chi connectivity index (χ2v) is 6.93. The summed E-state index contributed by atoms with van der Waals surface area (Å²) >= 11 is 0. The van der Waals surface area contributed by atoms with Crippen LogP contribution in [0.5, 0.6) is 0 Å². The zero-order valence-corrected chi connectivity index (χ0v) is 13.3. The van der Waals surface area contributed by atoms with Gasteiger partial charge in [0.05, 0.1) is 32.0 Å². The number of aliphatic hydroxyl groups excluding tert-OH is 1. The molecule has 1 fully saturated rings. The first-order valence-electron chi connectivity index (χ1n) is 7.30. The van der Waals surface area contributed by atoms with Crippen LogP contribution in [0.1, 0.15) is 41.5 Å². The largest absolute Gasteiger partial charge is 0.389 e. The Morgan fingerprint density at radius 3 is 2.16 bits per heavy atom. The summed E-state index contributed by atoms with van der Waals surface area (Å²) in [4.78, 5) is 0. The van der Waals surface area contributed by atoms with Crippen LogP contribution in [0.15, 0.2) is 0 Å². The summed E-state index contributed by atoms with van der Waals surface area (Å²) in [6.45, 7) is 15.1. The van der Waals surface area contributed by atoms with Crippen LogP contribution in [0.3, 0.4) is 0 Å². The lowest BCUT2D eigenvalue weighted by Crippen LogP contribution is -2.34. The summed E-state index contributed by atoms with van der Waals surface area (Å²) in [5.41, 5.74) is 0.608. The number of aliphatic hydroxyl groups is 1. The van der Waals surface area contributed by atoms with E-state index in [0.717, 1.165) is 0 Å². The molecule has 114 valence electrons. The monoisotopic (exact) mass is 273 g/mol. The van der Waals surface area contributed by atoms with Gasteiger partial charge < -0.3 is 19.9 Å². The molecule has 4 heteroatoms. The molecule has 1 saturated carbocycles. The standard InChI is InChI=1S/C15H31NO3/c1-11(2)19-8-7-18-10-12(17)9-16-13-14(3,4)15(13,5)6/h11-13,16-17H,7-10H2,1-6H3. The van der Waals surface area contributed by atoms with E-state index in [9.17, 15) is 5.11 Å². The lowest BCUT2D eigenvalue weighted by molar-refractivity contribution is -0.0102. The highest BCUT2D eigenvalue weighted by molar-refractivity contribution is 5.17. The molecular formula is C15H31NO3. The Balaban J connectivity index is 2.05. The van der Waals surface area contributed by atoms with Gasteiger partial charge in [0.25, 0.3) is 0 Å². The van der Waals surface area contributed by atoms with Gasteiger partial charge in [-0.3, -0.25) is 0 Å². The zero-order valence-electron chi connectivity index (χ0n) is 13.3. The molecule has 4 nitrogen and oxygen atoms in total. The van der Waals surface area contributed by atoms with Crippen molar-refractivity contribution < 1.29 is 14.6 Å². The first-order valence-corrected chi connectivity index (χ1v) is 7.30. The molecule has 1 unspecified atom stereocenters. The molecular weight excluding hydrogens is 242 g/mol. The molecule has 0 aliphatic heterocycles. The smallest absolute Gasteiger partial charge is 0.0897 e. The quantitative estimate of drug-likeness (QED) is 0.629. The number of rotatable bonds is 9. The van der Waals surface area contributed by atoms with Gasteiger partial charge >= 0.3 is 0 Å². The fourth-order valence-corrected chi connectivity index (χ4v) is 2.58. The normalized spacial score (nSPS) is 22.7. The summed E-state index contributed by atoms with van der Waals surface area (Å²) in [7, 11) is 0. The van der Waals surface area contributed by atoms with Crippen molar-refractivity contribution in [2.24, 2.45) is 10.8 Å². The SMILES string of the molecule is CC(C)OCCOCC(O)CNC1C(C)(C)C1(C)C. The molecule has 0 spiro atoms. The average Bonchev–Trinajstić information content (AvgIpc) is 2.66. The number of nitrogens with one attached hydrogen (secondary N) is 1. The van der Waals surface area contributed by atoms with Gasteiger partial charge in [-0.2, -0.15) is 0 Å². The Morgan fingerprint density at radius 1 is 1.11 bits per heavy atom. The molecule has 1 aliphatic rings. The third kappa shape index (κ3) is 4.42. The molecule has 0 saturated heterocycles. The predicted molar refractivity (Wildman–Crippen MR) is 77.3 cm³/mol. The maximum atomic E-state index is 9.85. The summed E-state index contributed by atoms with van der Waals surface area (Å²) < 4.78 is 10.8. The highest BCUT2D eigenvalue weighted by Crippen LogP contribution is 2.62. The lowest BCUT2D eigenvalue weighted by Gasteiger charge is -2.14. The minimum absolute atomic E-state index is 0.231. The topological polar surface area (TPSA) is 50.7 Å². The third-order valence-electron chi connectivity index (χ3n) is 4.57. The van der Waals surface area contributed by atoms with Crippen LogP contribution < -0.4 is 5.32 Å². The fourth-order valence-electron chi connectivity index (χ4n) is 2.58. The summed E-state index contributed by atoms with van der Waals surface area (Å²) in [6, 6.07) is 0.471. The van der Waals surface area contributed by atoms with E-state index in [1.54, 1.807) is 0 Å². The fraction of sp³-hybridized carbons (Fsp3) is 1.00. The zero-order chi connectivity index (χ0) is 14.7. The van der Waals surface area contributed by atoms with E-state index in [-0.39, 0.29) is 6.10 Å². The van der Waals surface area contributed by atoms with E-state index < -0.39 is 6.10 Å². The molecule has 2 N–H and O–H groups in total. The van der Waals surface area contributed by atoms with Crippen LogP contribution in [0.2, 0.25) is 0 Å². The maximum Gasteiger partial charge on any atom is 0.0897 e. The molecule has 0 heterocycles. The maximum absolute atomic E-state index is 9.85.